The van der Waals surface area contributed by atoms with Crippen LogP contribution in [0.4, 0.5) is 10.1 Å². The van der Waals surface area contributed by atoms with Crippen LogP contribution in [0.25, 0.3) is 0 Å². The van der Waals surface area contributed by atoms with E-state index < -0.39 is 16.6 Å². The maximum absolute atomic E-state index is 13.8. The molecule has 2 atom stereocenters. The zero-order valence-electron chi connectivity index (χ0n) is 11.5. The second-order valence-corrected chi connectivity index (χ2v) is 5.12. The second-order valence-electron chi connectivity index (χ2n) is 5.12. The number of carbonyl (C=O) groups excluding carboxylic acids is 1. The van der Waals surface area contributed by atoms with Crippen molar-refractivity contribution in [3.63, 3.8) is 0 Å². The van der Waals surface area contributed by atoms with E-state index in [0.29, 0.717) is 0 Å². The van der Waals surface area contributed by atoms with Crippen LogP contribution in [0.1, 0.15) is 43.5 Å². The molecule has 1 aromatic carbocycles. The summed E-state index contributed by atoms with van der Waals surface area (Å²) >= 11 is 0. The van der Waals surface area contributed by atoms with Gasteiger partial charge in [-0.1, -0.05) is 6.92 Å². The summed E-state index contributed by atoms with van der Waals surface area (Å²) in [4.78, 5) is 24.3. The van der Waals surface area contributed by atoms with Gasteiger partial charge < -0.3 is 4.90 Å². The van der Waals surface area contributed by atoms with Crippen LogP contribution >= 0.6 is 0 Å². The third-order valence-electron chi connectivity index (χ3n) is 3.88. The molecule has 0 N–H and O–H groups in total. The number of benzene rings is 1. The Morgan fingerprint density at radius 2 is 2.20 bits per heavy atom. The first-order chi connectivity index (χ1) is 9.45. The predicted molar refractivity (Wildman–Crippen MR) is 72.0 cm³/mol. The molecule has 1 aliphatic rings. The van der Waals surface area contributed by atoms with Crippen LogP contribution < -0.4 is 0 Å². The average Bonchev–Trinajstić information content (AvgIpc) is 2.79. The third-order valence-corrected chi connectivity index (χ3v) is 3.88. The van der Waals surface area contributed by atoms with Gasteiger partial charge in [0, 0.05) is 24.2 Å². The molecular weight excluding hydrogens is 263 g/mol. The molecule has 108 valence electrons. The largest absolute Gasteiger partial charge is 0.333 e. The van der Waals surface area contributed by atoms with Gasteiger partial charge in [-0.3, -0.25) is 14.9 Å². The molecule has 6 heteroatoms. The Kier molecular flexibility index (Phi) is 4.01. The van der Waals surface area contributed by atoms with E-state index >= 15 is 0 Å². The van der Waals surface area contributed by atoms with Crippen LogP contribution in [-0.4, -0.2) is 27.8 Å². The Balaban J connectivity index is 2.37. The van der Waals surface area contributed by atoms with E-state index in [9.17, 15) is 19.3 Å². The Labute approximate surface area is 116 Å². The molecule has 2 unspecified atom stereocenters. The number of amides is 1. The Hall–Kier alpha value is -1.98. The van der Waals surface area contributed by atoms with Gasteiger partial charge in [-0.2, -0.15) is 0 Å². The van der Waals surface area contributed by atoms with Crippen LogP contribution in [0, 0.1) is 15.9 Å². The number of halogens is 1. The molecule has 20 heavy (non-hydrogen) atoms. The lowest BCUT2D eigenvalue weighted by molar-refractivity contribution is -0.384. The first-order valence-corrected chi connectivity index (χ1v) is 6.72. The molecule has 1 aromatic rings. The second kappa shape index (κ2) is 5.56. The van der Waals surface area contributed by atoms with E-state index in [1.807, 2.05) is 13.8 Å². The lowest BCUT2D eigenvalue weighted by Gasteiger charge is -2.28. The van der Waals surface area contributed by atoms with Crippen molar-refractivity contribution < 1.29 is 14.1 Å². The van der Waals surface area contributed by atoms with Crippen molar-refractivity contribution in [2.45, 2.75) is 45.2 Å². The molecule has 0 aromatic heterocycles. The molecule has 1 fully saturated rings. The van der Waals surface area contributed by atoms with E-state index in [0.717, 1.165) is 37.5 Å². The summed E-state index contributed by atoms with van der Waals surface area (Å²) in [6.45, 7) is 3.90. The minimum atomic E-state index is -0.713. The van der Waals surface area contributed by atoms with Gasteiger partial charge in [0.1, 0.15) is 5.82 Å². The van der Waals surface area contributed by atoms with Crippen LogP contribution in [0.15, 0.2) is 18.2 Å². The molecule has 1 amide bonds. The van der Waals surface area contributed by atoms with Gasteiger partial charge in [0.15, 0.2) is 0 Å². The average molecular weight is 280 g/mol. The zero-order valence-corrected chi connectivity index (χ0v) is 11.5. The number of hydrogen-bond acceptors (Lipinski definition) is 3. The monoisotopic (exact) mass is 280 g/mol. The lowest BCUT2D eigenvalue weighted by atomic mass is 10.1. The van der Waals surface area contributed by atoms with Crippen molar-refractivity contribution in [3.8, 4) is 0 Å². The molecule has 0 radical (unpaired) electrons. The highest BCUT2D eigenvalue weighted by molar-refractivity contribution is 5.95. The van der Waals surface area contributed by atoms with E-state index in [1.165, 1.54) is 0 Å². The Morgan fingerprint density at radius 3 is 2.80 bits per heavy atom. The molecule has 0 saturated carbocycles. The van der Waals surface area contributed by atoms with Gasteiger partial charge in [-0.15, -0.1) is 0 Å². The molecule has 0 aliphatic carbocycles. The van der Waals surface area contributed by atoms with Gasteiger partial charge in [0.05, 0.1) is 10.5 Å². The van der Waals surface area contributed by atoms with Crippen LogP contribution in [-0.2, 0) is 0 Å². The molecule has 0 bridgehead atoms. The minimum Gasteiger partial charge on any atom is -0.333 e. The number of likely N-dealkylation sites (tertiary alicyclic amines) is 1. The topological polar surface area (TPSA) is 63.5 Å². The number of non-ortho nitro benzene ring substituents is 1. The molecule has 5 nitrogen and oxygen atoms in total. The number of nitro groups is 1. The normalized spacial score (nSPS) is 22.1. The first kappa shape index (κ1) is 14.4. The third kappa shape index (κ3) is 2.50. The number of hydrogen-bond donors (Lipinski definition) is 0. The van der Waals surface area contributed by atoms with Crippen molar-refractivity contribution in [1.29, 1.82) is 0 Å². The van der Waals surface area contributed by atoms with Crippen LogP contribution in [0.5, 0.6) is 0 Å². The maximum atomic E-state index is 13.8. The fourth-order valence-electron chi connectivity index (χ4n) is 2.77. The number of rotatable bonds is 3. The van der Waals surface area contributed by atoms with Gasteiger partial charge in [-0.05, 0) is 32.3 Å². The standard InChI is InChI=1S/C14H17FN2O3/c1-3-10-5-4-9(2)16(10)14(18)12-8-11(17(19)20)6-7-13(12)15/h6-10H,3-5H2,1-2H3. The predicted octanol–water partition coefficient (Wildman–Crippen LogP) is 3.14. The summed E-state index contributed by atoms with van der Waals surface area (Å²) in [5.74, 6) is -1.17. The Bertz CT molecular complexity index is 547. The molecule has 1 saturated heterocycles. The van der Waals surface area contributed by atoms with E-state index in [-0.39, 0.29) is 23.3 Å². The lowest BCUT2D eigenvalue weighted by Crippen LogP contribution is -2.40. The number of carbonyl (C=O) groups is 1. The maximum Gasteiger partial charge on any atom is 0.270 e. The van der Waals surface area contributed by atoms with Crippen LogP contribution in [0.2, 0.25) is 0 Å². The first-order valence-electron chi connectivity index (χ1n) is 6.72. The molecular formula is C14H17FN2O3. The summed E-state index contributed by atoms with van der Waals surface area (Å²) in [7, 11) is 0. The highest BCUT2D eigenvalue weighted by Gasteiger charge is 2.35. The van der Waals surface area contributed by atoms with E-state index in [4.69, 9.17) is 0 Å². The van der Waals surface area contributed by atoms with Gasteiger partial charge in [0.25, 0.3) is 11.6 Å². The SMILES string of the molecule is CCC1CCC(C)N1C(=O)c1cc([N+](=O)[O-])ccc1F. The molecule has 2 rings (SSSR count). The summed E-state index contributed by atoms with van der Waals surface area (Å²) in [6.07, 6.45) is 2.56. The highest BCUT2D eigenvalue weighted by Crippen LogP contribution is 2.29. The minimum absolute atomic E-state index is 0.0334. The zero-order chi connectivity index (χ0) is 14.9. The summed E-state index contributed by atoms with van der Waals surface area (Å²) < 4.78 is 13.8. The quantitative estimate of drug-likeness (QED) is 0.631. The number of nitro benzene ring substituents is 1. The molecule has 0 spiro atoms. The smallest absolute Gasteiger partial charge is 0.270 e. The van der Waals surface area contributed by atoms with Crippen LogP contribution in [0.3, 0.4) is 0 Å². The summed E-state index contributed by atoms with van der Waals surface area (Å²) in [5, 5.41) is 10.8. The summed E-state index contributed by atoms with van der Waals surface area (Å²) in [5.41, 5.74) is -0.485. The molecule has 1 heterocycles. The highest BCUT2D eigenvalue weighted by atomic mass is 19.1. The fraction of sp³-hybridized carbons (Fsp3) is 0.500. The fourth-order valence-corrected chi connectivity index (χ4v) is 2.77. The van der Waals surface area contributed by atoms with Gasteiger partial charge >= 0.3 is 0 Å². The Morgan fingerprint density at radius 1 is 1.50 bits per heavy atom. The molecule has 1 aliphatic heterocycles. The van der Waals surface area contributed by atoms with Crippen molar-refractivity contribution in [2.24, 2.45) is 0 Å². The summed E-state index contributed by atoms with van der Waals surface area (Å²) in [6, 6.07) is 3.18. The van der Waals surface area contributed by atoms with E-state index in [1.54, 1.807) is 4.90 Å². The van der Waals surface area contributed by atoms with Crippen molar-refractivity contribution in [3.05, 3.63) is 39.7 Å². The van der Waals surface area contributed by atoms with E-state index in [2.05, 4.69) is 0 Å². The van der Waals surface area contributed by atoms with Crippen molar-refractivity contribution in [2.75, 3.05) is 0 Å². The number of nitrogens with zero attached hydrogens (tertiary/aromatic N) is 2. The van der Waals surface area contributed by atoms with Crippen molar-refractivity contribution >= 4 is 11.6 Å². The van der Waals surface area contributed by atoms with Gasteiger partial charge in [0.2, 0.25) is 0 Å². The van der Waals surface area contributed by atoms with Crippen molar-refractivity contribution in [1.82, 2.24) is 4.90 Å². The van der Waals surface area contributed by atoms with Gasteiger partial charge in [-0.25, -0.2) is 4.39 Å².